The van der Waals surface area contributed by atoms with Crippen molar-refractivity contribution in [3.63, 3.8) is 0 Å². The van der Waals surface area contributed by atoms with E-state index in [0.29, 0.717) is 5.82 Å². The zero-order valence-electron chi connectivity index (χ0n) is 10.4. The third-order valence-corrected chi connectivity index (χ3v) is 3.18. The van der Waals surface area contributed by atoms with Crippen molar-refractivity contribution in [2.75, 3.05) is 11.1 Å². The van der Waals surface area contributed by atoms with E-state index < -0.39 is 0 Å². The fourth-order valence-corrected chi connectivity index (χ4v) is 1.80. The Labute approximate surface area is 115 Å². The summed E-state index contributed by atoms with van der Waals surface area (Å²) in [5, 5.41) is 3.26. The van der Waals surface area contributed by atoms with Crippen LogP contribution in [0.2, 0.25) is 0 Å². The van der Waals surface area contributed by atoms with E-state index in [1.54, 1.807) is 0 Å². The molecule has 1 heterocycles. The second-order valence-electron chi connectivity index (χ2n) is 3.98. The Balaban J connectivity index is 2.33. The number of benzene rings is 1. The lowest BCUT2D eigenvalue weighted by Gasteiger charge is -2.11. The lowest BCUT2D eigenvalue weighted by molar-refractivity contribution is 0.940. The van der Waals surface area contributed by atoms with Gasteiger partial charge in [-0.05, 0) is 31.2 Å². The summed E-state index contributed by atoms with van der Waals surface area (Å²) in [4.78, 5) is 8.68. The topological polar surface area (TPSA) is 63.8 Å². The minimum atomic E-state index is 0.529. The molecular weight excluding hydrogens is 292 g/mol. The van der Waals surface area contributed by atoms with Crippen LogP contribution in [-0.2, 0) is 6.42 Å². The highest BCUT2D eigenvalue weighted by Gasteiger charge is 2.07. The fourth-order valence-electron chi connectivity index (χ4n) is 1.53. The first kappa shape index (κ1) is 12.8. The van der Waals surface area contributed by atoms with Gasteiger partial charge in [0.25, 0.3) is 0 Å². The van der Waals surface area contributed by atoms with Crippen LogP contribution in [0.4, 0.5) is 17.3 Å². The van der Waals surface area contributed by atoms with Crippen LogP contribution in [0.25, 0.3) is 0 Å². The summed E-state index contributed by atoms with van der Waals surface area (Å²) in [6, 6.07) is 7.91. The van der Waals surface area contributed by atoms with E-state index >= 15 is 0 Å². The van der Waals surface area contributed by atoms with Crippen LogP contribution in [0, 0.1) is 6.92 Å². The van der Waals surface area contributed by atoms with E-state index in [0.717, 1.165) is 33.8 Å². The van der Waals surface area contributed by atoms with Gasteiger partial charge in [-0.2, -0.15) is 0 Å². The maximum atomic E-state index is 5.88. The van der Waals surface area contributed by atoms with Gasteiger partial charge >= 0.3 is 0 Å². The van der Waals surface area contributed by atoms with Crippen LogP contribution in [0.5, 0.6) is 0 Å². The number of nitrogen functional groups attached to an aromatic ring is 1. The van der Waals surface area contributed by atoms with Crippen LogP contribution < -0.4 is 11.1 Å². The second-order valence-corrected chi connectivity index (χ2v) is 4.90. The molecule has 2 aromatic rings. The number of nitrogens with one attached hydrogen (secondary N) is 1. The van der Waals surface area contributed by atoms with Crippen molar-refractivity contribution in [2.45, 2.75) is 20.3 Å². The average molecular weight is 307 g/mol. The number of hydrogen-bond donors (Lipinski definition) is 2. The second kappa shape index (κ2) is 5.35. The van der Waals surface area contributed by atoms with E-state index in [4.69, 9.17) is 5.73 Å². The Morgan fingerprint density at radius 3 is 2.50 bits per heavy atom. The third kappa shape index (κ3) is 2.79. The molecule has 0 aliphatic rings. The van der Waals surface area contributed by atoms with Gasteiger partial charge in [0.05, 0.1) is 0 Å². The number of nitrogens with zero attached hydrogens (tertiary/aromatic N) is 2. The van der Waals surface area contributed by atoms with Gasteiger partial charge in [0.2, 0.25) is 0 Å². The number of halogens is 1. The maximum Gasteiger partial charge on any atom is 0.139 e. The summed E-state index contributed by atoms with van der Waals surface area (Å²) in [7, 11) is 0. The first-order chi connectivity index (χ1) is 8.60. The molecule has 0 unspecified atom stereocenters. The number of hydrogen-bond acceptors (Lipinski definition) is 4. The molecule has 4 nitrogen and oxygen atoms in total. The molecule has 3 N–H and O–H groups in total. The number of rotatable bonds is 3. The molecular formula is C13H15BrN4. The van der Waals surface area contributed by atoms with Crippen LogP contribution in [0.15, 0.2) is 28.7 Å². The molecule has 0 aliphatic carbocycles. The van der Waals surface area contributed by atoms with Crippen LogP contribution in [0.1, 0.15) is 18.3 Å². The molecule has 1 aromatic heterocycles. The van der Waals surface area contributed by atoms with Gasteiger partial charge in [-0.25, -0.2) is 9.97 Å². The maximum absolute atomic E-state index is 5.88. The normalized spacial score (nSPS) is 10.4. The van der Waals surface area contributed by atoms with Crippen molar-refractivity contribution in [1.82, 2.24) is 9.97 Å². The Morgan fingerprint density at radius 1 is 1.22 bits per heavy atom. The Bertz CT molecular complexity index is 552. The van der Waals surface area contributed by atoms with E-state index in [-0.39, 0.29) is 0 Å². The van der Waals surface area contributed by atoms with Gasteiger partial charge in [0.1, 0.15) is 17.5 Å². The summed E-state index contributed by atoms with van der Waals surface area (Å²) >= 11 is 3.41. The highest BCUT2D eigenvalue weighted by atomic mass is 79.9. The summed E-state index contributed by atoms with van der Waals surface area (Å²) in [6.07, 6.45) is 0.763. The molecule has 0 spiro atoms. The van der Waals surface area contributed by atoms with E-state index in [2.05, 4.69) is 31.2 Å². The Kier molecular flexibility index (Phi) is 3.81. The Hall–Kier alpha value is -1.62. The predicted molar refractivity (Wildman–Crippen MR) is 78.0 cm³/mol. The van der Waals surface area contributed by atoms with E-state index in [1.807, 2.05) is 38.1 Å². The lowest BCUT2D eigenvalue weighted by atomic mass is 10.2. The summed E-state index contributed by atoms with van der Waals surface area (Å²) < 4.78 is 1.04. The summed E-state index contributed by atoms with van der Waals surface area (Å²) in [6.45, 7) is 3.92. The largest absolute Gasteiger partial charge is 0.383 e. The number of aryl methyl sites for hydroxylation is 1. The molecule has 0 saturated heterocycles. The minimum Gasteiger partial charge on any atom is -0.383 e. The Morgan fingerprint density at radius 2 is 1.89 bits per heavy atom. The molecule has 5 heteroatoms. The number of anilines is 3. The van der Waals surface area contributed by atoms with Crippen LogP contribution in [-0.4, -0.2) is 9.97 Å². The summed E-state index contributed by atoms with van der Waals surface area (Å²) in [5.74, 6) is 2.04. The smallest absolute Gasteiger partial charge is 0.139 e. The quantitative estimate of drug-likeness (QED) is 0.912. The van der Waals surface area contributed by atoms with Gasteiger partial charge in [0, 0.05) is 22.1 Å². The minimum absolute atomic E-state index is 0.529. The van der Waals surface area contributed by atoms with Crippen LogP contribution in [0.3, 0.4) is 0 Å². The highest BCUT2D eigenvalue weighted by Crippen LogP contribution is 2.23. The molecule has 0 saturated carbocycles. The molecule has 0 atom stereocenters. The lowest BCUT2D eigenvalue weighted by Crippen LogP contribution is -2.06. The monoisotopic (exact) mass is 306 g/mol. The first-order valence-corrected chi connectivity index (χ1v) is 6.55. The molecule has 0 fully saturated rings. The summed E-state index contributed by atoms with van der Waals surface area (Å²) in [5.41, 5.74) is 7.72. The van der Waals surface area contributed by atoms with Crippen molar-refractivity contribution in [2.24, 2.45) is 0 Å². The molecule has 94 valence electrons. The molecule has 1 aromatic carbocycles. The molecule has 0 amide bonds. The number of aromatic nitrogens is 2. The molecule has 0 bridgehead atoms. The molecule has 18 heavy (non-hydrogen) atoms. The van der Waals surface area contributed by atoms with Crippen molar-refractivity contribution in [1.29, 1.82) is 0 Å². The van der Waals surface area contributed by atoms with Gasteiger partial charge < -0.3 is 11.1 Å². The van der Waals surface area contributed by atoms with Crippen molar-refractivity contribution in [3.8, 4) is 0 Å². The van der Waals surface area contributed by atoms with Crippen molar-refractivity contribution < 1.29 is 0 Å². The van der Waals surface area contributed by atoms with Gasteiger partial charge in [-0.1, -0.05) is 22.9 Å². The van der Waals surface area contributed by atoms with Gasteiger partial charge in [-0.3, -0.25) is 0 Å². The van der Waals surface area contributed by atoms with Crippen molar-refractivity contribution >= 4 is 33.3 Å². The van der Waals surface area contributed by atoms with Gasteiger partial charge in [-0.15, -0.1) is 0 Å². The first-order valence-electron chi connectivity index (χ1n) is 5.75. The predicted octanol–water partition coefficient (Wildman–Crippen LogP) is 3.44. The van der Waals surface area contributed by atoms with E-state index in [1.165, 1.54) is 0 Å². The van der Waals surface area contributed by atoms with Gasteiger partial charge in [0.15, 0.2) is 0 Å². The number of nitrogens with two attached hydrogens (primary N) is 1. The highest BCUT2D eigenvalue weighted by molar-refractivity contribution is 9.10. The SMILES string of the molecule is CCc1nc(N)c(C)c(Nc2ccc(Br)cc2)n1. The fraction of sp³-hybridized carbons (Fsp3) is 0.231. The zero-order valence-corrected chi connectivity index (χ0v) is 12.0. The van der Waals surface area contributed by atoms with Crippen molar-refractivity contribution in [3.05, 3.63) is 40.1 Å². The zero-order chi connectivity index (χ0) is 13.1. The molecule has 0 radical (unpaired) electrons. The van der Waals surface area contributed by atoms with Crippen LogP contribution >= 0.6 is 15.9 Å². The average Bonchev–Trinajstić information content (AvgIpc) is 2.37. The third-order valence-electron chi connectivity index (χ3n) is 2.65. The van der Waals surface area contributed by atoms with E-state index in [9.17, 15) is 0 Å². The molecule has 0 aliphatic heterocycles. The standard InChI is InChI=1S/C13H15BrN4/c1-3-11-17-12(15)8(2)13(18-11)16-10-6-4-9(14)5-7-10/h4-7H,3H2,1-2H3,(H3,15,16,17,18). The molecule has 2 rings (SSSR count).